The summed E-state index contributed by atoms with van der Waals surface area (Å²) in [6, 6.07) is 15.5. The van der Waals surface area contributed by atoms with E-state index in [1.165, 1.54) is 42.4 Å². The molecule has 17 amide bonds. The Morgan fingerprint density at radius 2 is 1.04 bits per heavy atom. The average molecular weight is 1890 g/mol. The van der Waals surface area contributed by atoms with E-state index in [0.717, 1.165) is 46.0 Å². The zero-order valence-corrected chi connectivity index (χ0v) is 77.6. The van der Waals surface area contributed by atoms with Crippen molar-refractivity contribution in [2.24, 2.45) is 29.0 Å². The van der Waals surface area contributed by atoms with Crippen LogP contribution in [0.4, 0.5) is 4.79 Å². The molecule has 3 fully saturated rings. The van der Waals surface area contributed by atoms with Crippen LogP contribution in [-0.4, -0.2) is 253 Å². The number of carbonyl (C=O) groups is 16. The number of primary amides is 1. The predicted octanol–water partition coefficient (Wildman–Crippen LogP) is 0.360. The van der Waals surface area contributed by atoms with Crippen molar-refractivity contribution >= 4 is 128 Å². The number of nitrogens with one attached hydrogen (secondary N) is 18. The maximum atomic E-state index is 15.3. The van der Waals surface area contributed by atoms with Gasteiger partial charge in [-0.3, -0.25) is 71.9 Å². The van der Waals surface area contributed by atoms with Crippen molar-refractivity contribution < 1.29 is 81.8 Å². The highest BCUT2D eigenvalue weighted by molar-refractivity contribution is 8.00. The largest absolute Gasteiger partial charge is 0.508 e. The first kappa shape index (κ1) is 104. The molecule has 3 saturated heterocycles. The van der Waals surface area contributed by atoms with Gasteiger partial charge in [-0.25, -0.2) is 9.78 Å². The topological polar surface area (TPSA) is 615 Å². The van der Waals surface area contributed by atoms with Crippen LogP contribution in [0.2, 0.25) is 0 Å². The van der Waals surface area contributed by atoms with E-state index in [0.29, 0.717) is 79.1 Å². The number of carbonyl (C=O) groups excluding carboxylic acids is 16. The maximum Gasteiger partial charge on any atom is 0.315 e. The Labute approximate surface area is 786 Å². The summed E-state index contributed by atoms with van der Waals surface area (Å²) < 4.78 is 0. The molecule has 25 N–H and O–H groups in total. The van der Waals surface area contributed by atoms with E-state index < -0.39 is 169 Å². The summed E-state index contributed by atoms with van der Waals surface area (Å²) in [5.74, 6) is -10.8. The Kier molecular flexibility index (Phi) is 39.7. The normalized spacial score (nSPS) is 17.2. The van der Waals surface area contributed by atoms with Crippen LogP contribution in [0.3, 0.4) is 0 Å². The molecular formula is C94H129N23O17S. The fourth-order valence-corrected chi connectivity index (χ4v) is 18.2. The van der Waals surface area contributed by atoms with Gasteiger partial charge in [-0.2, -0.15) is 11.8 Å². The number of fused-ring (bicyclic) bond motifs is 3. The highest BCUT2D eigenvalue weighted by Gasteiger charge is 2.44. The van der Waals surface area contributed by atoms with Gasteiger partial charge < -0.3 is 122 Å². The van der Waals surface area contributed by atoms with Gasteiger partial charge in [0.1, 0.15) is 66.2 Å². The zero-order chi connectivity index (χ0) is 97.2. The number of unbranched alkanes of at least 4 members (excludes halogenated alkanes) is 3. The number of urea groups is 1. The van der Waals surface area contributed by atoms with Gasteiger partial charge in [-0.15, -0.1) is 0 Å². The van der Waals surface area contributed by atoms with E-state index in [1.807, 2.05) is 84.6 Å². The molecule has 0 radical (unpaired) electrons. The van der Waals surface area contributed by atoms with Crippen LogP contribution in [0.5, 0.6) is 5.75 Å². The third-order valence-corrected chi connectivity index (χ3v) is 25.4. The summed E-state index contributed by atoms with van der Waals surface area (Å²) in [5.41, 5.74) is 22.3. The fraction of sp³-hybridized carbons (Fsp3) is 0.500. The number of nitrogens with zero attached hydrogens (tertiary/aromatic N) is 2. The molecular weight excluding hydrogens is 1760 g/mol. The van der Waals surface area contributed by atoms with Gasteiger partial charge >= 0.3 is 6.03 Å². The lowest BCUT2D eigenvalue weighted by Gasteiger charge is -2.31. The number of H-pyrrole nitrogens is 3. The van der Waals surface area contributed by atoms with E-state index in [-0.39, 0.29) is 119 Å². The van der Waals surface area contributed by atoms with E-state index in [2.05, 4.69) is 99.7 Å². The lowest BCUT2D eigenvalue weighted by molar-refractivity contribution is -0.142. The summed E-state index contributed by atoms with van der Waals surface area (Å²) >= 11 is 1.81. The molecule has 0 aliphatic carbocycles. The predicted molar refractivity (Wildman–Crippen MR) is 505 cm³/mol. The van der Waals surface area contributed by atoms with Crippen molar-refractivity contribution in [3.05, 3.63) is 156 Å². The number of hydrogen-bond acceptors (Lipinski definition) is 21. The van der Waals surface area contributed by atoms with Gasteiger partial charge in [0.05, 0.1) is 49.8 Å². The number of nitrogens with two attached hydrogens (primary N) is 3. The van der Waals surface area contributed by atoms with Crippen molar-refractivity contribution in [3.63, 3.8) is 0 Å². The minimum atomic E-state index is -1.47. The van der Waals surface area contributed by atoms with Crippen LogP contribution < -0.4 is 97.0 Å². The number of thioether (sulfide) groups is 1. The number of aromatic nitrogens is 4. The number of hydrogen-bond donors (Lipinski definition) is 22. The van der Waals surface area contributed by atoms with Crippen LogP contribution >= 0.6 is 11.8 Å². The van der Waals surface area contributed by atoms with E-state index in [1.54, 1.807) is 52.4 Å². The van der Waals surface area contributed by atoms with E-state index in [9.17, 15) is 72.2 Å². The van der Waals surface area contributed by atoms with Gasteiger partial charge in [-0.05, 0) is 155 Å². The van der Waals surface area contributed by atoms with Crippen LogP contribution in [0.25, 0.3) is 21.8 Å². The van der Waals surface area contributed by atoms with Gasteiger partial charge in [0.2, 0.25) is 88.6 Å². The Hall–Kier alpha value is -13.4. The van der Waals surface area contributed by atoms with Crippen molar-refractivity contribution in [1.29, 1.82) is 0 Å². The summed E-state index contributed by atoms with van der Waals surface area (Å²) in [7, 11) is 0. The van der Waals surface area contributed by atoms with Crippen LogP contribution in [0, 0.1) is 11.8 Å². The molecule has 3 aliphatic heterocycles. The second kappa shape index (κ2) is 51.7. The summed E-state index contributed by atoms with van der Waals surface area (Å²) in [4.78, 5) is 238. The van der Waals surface area contributed by atoms with Gasteiger partial charge in [0, 0.05) is 96.6 Å². The SMILES string of the molecule is CC(C)C[C@H](NC(=O)[C@H](C)NC(=O)[C@H](Cc1c[nH]c2ccccc12)NC(=O)[C@@H]1CCCN1C(=O)[C@H](Cc1c[nH]cn1)NC(=O)[C@H](Cc1c[nH]c2ccccc12)NC(=O)[C@@H](N)Cc1ccccc1)C(=O)N[C@@H](CC(C)C)C(=O)N[C@@H](Cc1ccc(O)cc1)C(=O)N[C@@H](CCCCN)C(=O)NCC(=O)NCC(=O)NCC(=O)N[C@@H](CCCCNC(=O)CCCC[C@@H]1SC[C@@H]2NC(=O)N[C@@H]21)C(N)=O. The van der Waals surface area contributed by atoms with Crippen molar-refractivity contribution in [3.8, 4) is 5.75 Å². The third kappa shape index (κ3) is 32.2. The Balaban J connectivity index is 0.736. The molecule has 40 nitrogen and oxygen atoms in total. The number of aromatic hydroxyl groups is 1. The first-order chi connectivity index (χ1) is 64.7. The summed E-state index contributed by atoms with van der Waals surface area (Å²) in [5, 5.41) is 52.8. The minimum Gasteiger partial charge on any atom is -0.508 e. The van der Waals surface area contributed by atoms with Crippen LogP contribution in [0.1, 0.15) is 152 Å². The quantitative estimate of drug-likeness (QED) is 0.0181. The van der Waals surface area contributed by atoms with Gasteiger partial charge in [-0.1, -0.05) is 113 Å². The molecule has 0 spiro atoms. The standard InChI is InChI=1S/C94H129N23O17S/c1-53(2)38-69(109-84(124)55(5)106-87(127)72(42-58-45-100-65-24-11-9-22-62(58)65)113-92(132)76-28-19-37-117(76)93(133)74(44-60-47-98-52-105-60)114-91(131)73(43-59-46-101-66-25-12-10-23-63(59)66)110-85(125)64(96)40-56-20-7-6-8-21-56)88(128)111-70(39-54(3)4)89(129)112-71(41-57-31-33-61(118)34-32-57)90(130)108-68(27-15-17-35-95)86(126)104-49-80(121)102-48-79(120)103-50-81(122)107-67(83(97)123)26-16-18-36-99-78(119)30-14-13-29-77-82-75(51-135-77)115-94(134)116-82/h6-12,20-25,31-34,45-47,52-55,64,67-77,82,100-101,118H,13-19,26-30,35-44,48-51,95-96H2,1-5H3,(H2,97,123)(H,98,105)(H,99,119)(H,102,121)(H,103,120)(H,104,126)(H,106,127)(H,107,122)(H,108,130)(H,109,124)(H,110,125)(H,111,128)(H,112,129)(H,113,132)(H,114,131)(H2,115,116,134)/t55-,64-,67-,68-,69-,70-,71-,72-,73-,74-,75-,76-,77-,82-/m0/s1. The minimum absolute atomic E-state index is 0.00217. The van der Waals surface area contributed by atoms with Gasteiger partial charge in [0.15, 0.2) is 0 Å². The van der Waals surface area contributed by atoms with Gasteiger partial charge in [0.25, 0.3) is 0 Å². The Bertz CT molecular complexity index is 5230. The van der Waals surface area contributed by atoms with E-state index >= 15 is 9.59 Å². The average Bonchev–Trinajstić information content (AvgIpc) is 1.69. The number of imidazole rings is 1. The summed E-state index contributed by atoms with van der Waals surface area (Å²) in [6.45, 7) is 7.26. The number of para-hydroxylation sites is 2. The second-order valence-electron chi connectivity index (χ2n) is 35.5. The zero-order valence-electron chi connectivity index (χ0n) is 76.8. The lowest BCUT2D eigenvalue weighted by Crippen LogP contribution is -2.61. The molecule has 135 heavy (non-hydrogen) atoms. The monoisotopic (exact) mass is 1880 g/mol. The van der Waals surface area contributed by atoms with Crippen LogP contribution in [-0.2, 0) is 104 Å². The molecule has 3 aromatic heterocycles. The number of phenols is 1. The lowest BCUT2D eigenvalue weighted by atomic mass is 9.98. The molecule has 14 atom stereocenters. The molecule has 6 heterocycles. The molecule has 10 rings (SSSR count). The highest BCUT2D eigenvalue weighted by Crippen LogP contribution is 2.34. The molecule has 728 valence electrons. The number of phenolic OH excluding ortho intramolecular Hbond substituents is 1. The number of benzene rings is 4. The Morgan fingerprint density at radius 3 is 1.67 bits per heavy atom. The molecule has 4 aromatic carbocycles. The maximum absolute atomic E-state index is 15.3. The van der Waals surface area contributed by atoms with E-state index in [4.69, 9.17) is 17.2 Å². The van der Waals surface area contributed by atoms with Crippen molar-refractivity contribution in [2.45, 2.75) is 240 Å². The van der Waals surface area contributed by atoms with Crippen LogP contribution in [0.15, 0.2) is 128 Å². The smallest absolute Gasteiger partial charge is 0.315 e. The molecule has 41 heteroatoms. The molecule has 3 aliphatic rings. The van der Waals surface area contributed by atoms with Crippen molar-refractivity contribution in [1.82, 2.24) is 105 Å². The Morgan fingerprint density at radius 1 is 0.504 bits per heavy atom. The number of likely N-dealkylation sites (tertiary alicyclic amines) is 1. The molecule has 0 bridgehead atoms. The van der Waals surface area contributed by atoms with Crippen molar-refractivity contribution in [2.75, 3.05) is 45.0 Å². The number of aromatic amines is 3. The molecule has 7 aromatic rings. The first-order valence-electron chi connectivity index (χ1n) is 46.2. The third-order valence-electron chi connectivity index (χ3n) is 23.9. The first-order valence-corrected chi connectivity index (χ1v) is 47.2. The molecule has 0 unspecified atom stereocenters. The summed E-state index contributed by atoms with van der Waals surface area (Å²) in [6.07, 6.45) is 11.1. The fourth-order valence-electron chi connectivity index (χ4n) is 16.7. The second-order valence-corrected chi connectivity index (χ2v) is 36.7. The highest BCUT2D eigenvalue weighted by atomic mass is 32.2. The number of amides is 17. The molecule has 0 saturated carbocycles. The number of rotatable bonds is 54.